The molecule has 24 heavy (non-hydrogen) atoms. The van der Waals surface area contributed by atoms with Crippen LogP contribution in [0.3, 0.4) is 0 Å². The molecule has 0 spiro atoms. The first-order valence-corrected chi connectivity index (χ1v) is 7.93. The fourth-order valence-electron chi connectivity index (χ4n) is 2.57. The van der Waals surface area contributed by atoms with E-state index in [9.17, 15) is 9.59 Å². The Morgan fingerprint density at radius 3 is 2.71 bits per heavy atom. The van der Waals surface area contributed by atoms with Crippen LogP contribution in [0.5, 0.6) is 0 Å². The number of urea groups is 1. The lowest BCUT2D eigenvalue weighted by atomic mass is 10.0. The van der Waals surface area contributed by atoms with E-state index >= 15 is 0 Å². The van der Waals surface area contributed by atoms with Crippen LogP contribution in [0.15, 0.2) is 48.6 Å². The van der Waals surface area contributed by atoms with Crippen LogP contribution in [-0.4, -0.2) is 43.5 Å². The van der Waals surface area contributed by atoms with Crippen molar-refractivity contribution >= 4 is 17.6 Å². The number of piperazine rings is 1. The Balaban J connectivity index is 1.91. The average Bonchev–Trinajstić information content (AvgIpc) is 2.57. The number of amides is 3. The second-order valence-electron chi connectivity index (χ2n) is 5.73. The number of carbonyl (C=O) groups is 2. The number of nitrogens with zero attached hydrogens (tertiary/aromatic N) is 1. The second kappa shape index (κ2) is 8.31. The van der Waals surface area contributed by atoms with Crippen molar-refractivity contribution in [3.05, 3.63) is 54.1 Å². The van der Waals surface area contributed by atoms with Crippen molar-refractivity contribution in [2.75, 3.05) is 32.0 Å². The molecule has 1 aliphatic rings. The van der Waals surface area contributed by atoms with Crippen molar-refractivity contribution in [2.45, 2.75) is 13.0 Å². The van der Waals surface area contributed by atoms with Gasteiger partial charge in [0.2, 0.25) is 5.91 Å². The Kier molecular flexibility index (Phi) is 6.14. The van der Waals surface area contributed by atoms with Gasteiger partial charge in [0.05, 0.1) is 12.6 Å². The number of nitrogens with one attached hydrogen (secondary N) is 3. The largest absolute Gasteiger partial charge is 0.353 e. The highest BCUT2D eigenvalue weighted by Crippen LogP contribution is 2.22. The van der Waals surface area contributed by atoms with E-state index in [-0.39, 0.29) is 18.0 Å². The number of benzene rings is 1. The first kappa shape index (κ1) is 17.7. The lowest BCUT2D eigenvalue weighted by Crippen LogP contribution is -2.47. The van der Waals surface area contributed by atoms with Crippen LogP contribution in [0.25, 0.3) is 0 Å². The van der Waals surface area contributed by atoms with Crippen molar-refractivity contribution < 1.29 is 9.59 Å². The van der Waals surface area contributed by atoms with Gasteiger partial charge >= 0.3 is 6.03 Å². The van der Waals surface area contributed by atoms with E-state index < -0.39 is 0 Å². The maximum absolute atomic E-state index is 11.9. The van der Waals surface area contributed by atoms with E-state index in [0.29, 0.717) is 19.6 Å². The molecule has 0 unspecified atom stereocenters. The minimum Gasteiger partial charge on any atom is -0.353 e. The minimum absolute atomic E-state index is 0.0451. The van der Waals surface area contributed by atoms with E-state index in [1.165, 1.54) is 0 Å². The first-order chi connectivity index (χ1) is 11.5. The van der Waals surface area contributed by atoms with Crippen LogP contribution >= 0.6 is 0 Å². The SMILES string of the molecule is C=C/C(=C\C)CNC(=O)Nc1ccc([C@H]2CNC(=O)CN2C)cc1. The Hall–Kier alpha value is -2.60. The molecule has 6 heteroatoms. The summed E-state index contributed by atoms with van der Waals surface area (Å²) in [4.78, 5) is 25.3. The van der Waals surface area contributed by atoms with Gasteiger partial charge in [0.1, 0.15) is 0 Å². The quantitative estimate of drug-likeness (QED) is 0.724. The topological polar surface area (TPSA) is 73.5 Å². The van der Waals surface area contributed by atoms with Gasteiger partial charge in [0.25, 0.3) is 0 Å². The molecule has 1 fully saturated rings. The van der Waals surface area contributed by atoms with Gasteiger partial charge < -0.3 is 16.0 Å². The summed E-state index contributed by atoms with van der Waals surface area (Å²) in [6.07, 6.45) is 3.62. The van der Waals surface area contributed by atoms with Crippen LogP contribution in [0.2, 0.25) is 0 Å². The molecule has 1 aromatic rings. The summed E-state index contributed by atoms with van der Waals surface area (Å²) >= 11 is 0. The summed E-state index contributed by atoms with van der Waals surface area (Å²) in [5, 5.41) is 8.45. The molecule has 3 amide bonds. The Morgan fingerprint density at radius 1 is 1.42 bits per heavy atom. The molecule has 6 nitrogen and oxygen atoms in total. The maximum atomic E-state index is 11.9. The number of likely N-dealkylation sites (N-methyl/N-ethyl adjacent to an activating group) is 1. The highest BCUT2D eigenvalue weighted by atomic mass is 16.2. The van der Waals surface area contributed by atoms with Crippen molar-refractivity contribution in [3.63, 3.8) is 0 Å². The molecular weight excluding hydrogens is 304 g/mol. The third-order valence-corrected chi connectivity index (χ3v) is 4.06. The monoisotopic (exact) mass is 328 g/mol. The van der Waals surface area contributed by atoms with Gasteiger partial charge in [-0.05, 0) is 37.2 Å². The number of carbonyl (C=O) groups excluding carboxylic acids is 2. The zero-order valence-electron chi connectivity index (χ0n) is 14.1. The number of hydrogen-bond donors (Lipinski definition) is 3. The fraction of sp³-hybridized carbons (Fsp3) is 0.333. The van der Waals surface area contributed by atoms with Gasteiger partial charge in [-0.25, -0.2) is 4.79 Å². The molecule has 1 aliphatic heterocycles. The smallest absolute Gasteiger partial charge is 0.319 e. The summed E-state index contributed by atoms with van der Waals surface area (Å²) < 4.78 is 0. The summed E-state index contributed by atoms with van der Waals surface area (Å²) in [5.74, 6) is 0.0451. The van der Waals surface area contributed by atoms with Gasteiger partial charge in [0, 0.05) is 18.8 Å². The van der Waals surface area contributed by atoms with Gasteiger partial charge in [-0.15, -0.1) is 0 Å². The van der Waals surface area contributed by atoms with E-state index in [4.69, 9.17) is 0 Å². The Morgan fingerprint density at radius 2 is 2.12 bits per heavy atom. The van der Waals surface area contributed by atoms with Gasteiger partial charge in [0.15, 0.2) is 0 Å². The predicted octanol–water partition coefficient (Wildman–Crippen LogP) is 2.04. The van der Waals surface area contributed by atoms with Crippen molar-refractivity contribution in [3.8, 4) is 0 Å². The lowest BCUT2D eigenvalue weighted by molar-refractivity contribution is -0.125. The van der Waals surface area contributed by atoms with Crippen LogP contribution in [0.1, 0.15) is 18.5 Å². The molecule has 1 saturated heterocycles. The minimum atomic E-state index is -0.258. The van der Waals surface area contributed by atoms with E-state index in [2.05, 4.69) is 22.5 Å². The molecular formula is C18H24N4O2. The number of hydrogen-bond acceptors (Lipinski definition) is 3. The molecule has 128 valence electrons. The van der Waals surface area contributed by atoms with Crippen molar-refractivity contribution in [1.82, 2.24) is 15.5 Å². The van der Waals surface area contributed by atoms with E-state index in [0.717, 1.165) is 16.8 Å². The molecule has 0 aliphatic carbocycles. The van der Waals surface area contributed by atoms with E-state index in [1.807, 2.05) is 49.2 Å². The highest BCUT2D eigenvalue weighted by molar-refractivity contribution is 5.89. The molecule has 0 radical (unpaired) electrons. The van der Waals surface area contributed by atoms with Crippen molar-refractivity contribution in [2.24, 2.45) is 0 Å². The zero-order chi connectivity index (χ0) is 17.5. The summed E-state index contributed by atoms with van der Waals surface area (Å²) in [6, 6.07) is 7.55. The fourth-order valence-corrected chi connectivity index (χ4v) is 2.57. The van der Waals surface area contributed by atoms with Crippen LogP contribution in [-0.2, 0) is 4.79 Å². The molecule has 1 heterocycles. The maximum Gasteiger partial charge on any atom is 0.319 e. The predicted molar refractivity (Wildman–Crippen MR) is 95.8 cm³/mol. The second-order valence-corrected chi connectivity index (χ2v) is 5.73. The first-order valence-electron chi connectivity index (χ1n) is 7.93. The molecule has 1 atom stereocenters. The van der Waals surface area contributed by atoms with Gasteiger partial charge in [-0.2, -0.15) is 0 Å². The van der Waals surface area contributed by atoms with Crippen LogP contribution in [0, 0.1) is 0 Å². The molecule has 1 aromatic carbocycles. The number of anilines is 1. The third-order valence-electron chi connectivity index (χ3n) is 4.06. The molecule has 0 bridgehead atoms. The third kappa shape index (κ3) is 4.70. The highest BCUT2D eigenvalue weighted by Gasteiger charge is 2.24. The van der Waals surface area contributed by atoms with Crippen molar-refractivity contribution in [1.29, 1.82) is 0 Å². The summed E-state index contributed by atoms with van der Waals surface area (Å²) in [7, 11) is 1.93. The summed E-state index contributed by atoms with van der Waals surface area (Å²) in [6.45, 7) is 7.02. The van der Waals surface area contributed by atoms with Gasteiger partial charge in [-0.3, -0.25) is 9.69 Å². The zero-order valence-corrected chi connectivity index (χ0v) is 14.1. The lowest BCUT2D eigenvalue weighted by Gasteiger charge is -2.32. The number of rotatable bonds is 5. The average molecular weight is 328 g/mol. The summed E-state index contributed by atoms with van der Waals surface area (Å²) in [5.41, 5.74) is 2.79. The Labute approximate surface area is 142 Å². The molecule has 3 N–H and O–H groups in total. The Bertz CT molecular complexity index is 637. The molecule has 0 saturated carbocycles. The van der Waals surface area contributed by atoms with Crippen LogP contribution in [0.4, 0.5) is 10.5 Å². The van der Waals surface area contributed by atoms with E-state index in [1.54, 1.807) is 6.08 Å². The van der Waals surface area contributed by atoms with Crippen LogP contribution < -0.4 is 16.0 Å². The standard InChI is InChI=1S/C18H24N4O2/c1-4-13(5-2)10-20-18(24)21-15-8-6-14(7-9-15)16-11-19-17(23)12-22(16)3/h4-9,16H,1,10-12H2,2-3H3,(H,19,23)(H2,20,21,24)/b13-5+/t16-/m1/s1. The molecule has 0 aromatic heterocycles. The normalized spacial score (nSPS) is 18.7. The number of allylic oxidation sites excluding steroid dienone is 1. The molecule has 2 rings (SSSR count). The van der Waals surface area contributed by atoms with Gasteiger partial charge in [-0.1, -0.05) is 30.9 Å².